The Labute approximate surface area is 125 Å². The standard InChI is InChI=1S/C17H22N2O2/c1-11(12-7-8-12)19-15(18-17(9-10-17)16(19)20)13-5-3-4-6-14(13)21-2/h3-6,11-12,15,18H,7-10H2,1-2H3. The summed E-state index contributed by atoms with van der Waals surface area (Å²) >= 11 is 0. The molecule has 1 aromatic carbocycles. The highest BCUT2D eigenvalue weighted by Gasteiger charge is 2.61. The monoisotopic (exact) mass is 286 g/mol. The van der Waals surface area contributed by atoms with Crippen LogP contribution in [0.3, 0.4) is 0 Å². The van der Waals surface area contributed by atoms with Gasteiger partial charge in [0.15, 0.2) is 0 Å². The summed E-state index contributed by atoms with van der Waals surface area (Å²) in [5.74, 6) is 1.81. The summed E-state index contributed by atoms with van der Waals surface area (Å²) < 4.78 is 5.51. The highest BCUT2D eigenvalue weighted by molar-refractivity contribution is 5.92. The minimum Gasteiger partial charge on any atom is -0.496 e. The van der Waals surface area contributed by atoms with Gasteiger partial charge < -0.3 is 9.64 Å². The zero-order valence-corrected chi connectivity index (χ0v) is 12.6. The Hall–Kier alpha value is -1.55. The molecule has 1 heterocycles. The molecule has 1 aliphatic heterocycles. The van der Waals surface area contributed by atoms with E-state index >= 15 is 0 Å². The topological polar surface area (TPSA) is 41.6 Å². The SMILES string of the molecule is COc1ccccc1C1NC2(CC2)C(=O)N1C(C)C1CC1. The summed E-state index contributed by atoms with van der Waals surface area (Å²) in [6, 6.07) is 8.33. The summed E-state index contributed by atoms with van der Waals surface area (Å²) in [5.41, 5.74) is 0.791. The third kappa shape index (κ3) is 1.96. The van der Waals surface area contributed by atoms with Crippen LogP contribution in [-0.4, -0.2) is 29.5 Å². The smallest absolute Gasteiger partial charge is 0.244 e. The van der Waals surface area contributed by atoms with E-state index in [0.29, 0.717) is 12.0 Å². The van der Waals surface area contributed by atoms with Crippen molar-refractivity contribution in [2.45, 2.75) is 50.4 Å². The van der Waals surface area contributed by atoms with E-state index in [-0.39, 0.29) is 17.6 Å². The molecule has 1 saturated heterocycles. The average Bonchev–Trinajstić information content (AvgIpc) is 3.39. The normalized spacial score (nSPS) is 28.0. The fourth-order valence-electron chi connectivity index (χ4n) is 3.59. The predicted octanol–water partition coefficient (Wildman–Crippen LogP) is 2.46. The molecule has 0 aromatic heterocycles. The van der Waals surface area contributed by atoms with Crippen LogP contribution in [0.2, 0.25) is 0 Å². The predicted molar refractivity (Wildman–Crippen MR) is 79.9 cm³/mol. The van der Waals surface area contributed by atoms with Crippen LogP contribution in [0.15, 0.2) is 24.3 Å². The van der Waals surface area contributed by atoms with Crippen molar-refractivity contribution < 1.29 is 9.53 Å². The second-order valence-corrected chi connectivity index (χ2v) is 6.66. The van der Waals surface area contributed by atoms with Gasteiger partial charge in [0, 0.05) is 11.6 Å². The lowest BCUT2D eigenvalue weighted by atomic mass is 10.1. The zero-order valence-electron chi connectivity index (χ0n) is 12.6. The average molecular weight is 286 g/mol. The van der Waals surface area contributed by atoms with Gasteiger partial charge in [0.2, 0.25) is 5.91 Å². The van der Waals surface area contributed by atoms with Crippen LogP contribution < -0.4 is 10.1 Å². The number of hydrogen-bond acceptors (Lipinski definition) is 3. The number of ether oxygens (including phenoxy) is 1. The third-order valence-electron chi connectivity index (χ3n) is 5.26. The van der Waals surface area contributed by atoms with E-state index in [9.17, 15) is 4.79 Å². The minimum atomic E-state index is -0.283. The summed E-state index contributed by atoms with van der Waals surface area (Å²) in [5, 5.41) is 3.59. The quantitative estimate of drug-likeness (QED) is 0.924. The lowest BCUT2D eigenvalue weighted by Gasteiger charge is -2.31. The van der Waals surface area contributed by atoms with Crippen molar-refractivity contribution in [1.29, 1.82) is 0 Å². The molecule has 1 aromatic rings. The lowest BCUT2D eigenvalue weighted by molar-refractivity contribution is -0.133. The first-order chi connectivity index (χ1) is 10.2. The molecule has 0 radical (unpaired) electrons. The van der Waals surface area contributed by atoms with Crippen LogP contribution in [0.1, 0.15) is 44.3 Å². The molecule has 1 spiro atoms. The van der Waals surface area contributed by atoms with Crippen molar-refractivity contribution in [3.05, 3.63) is 29.8 Å². The Morgan fingerprint density at radius 3 is 2.67 bits per heavy atom. The third-order valence-corrected chi connectivity index (χ3v) is 5.26. The van der Waals surface area contributed by atoms with E-state index in [1.807, 2.05) is 18.2 Å². The summed E-state index contributed by atoms with van der Waals surface area (Å²) in [4.78, 5) is 15.0. The number of carbonyl (C=O) groups is 1. The van der Waals surface area contributed by atoms with E-state index in [4.69, 9.17) is 4.74 Å². The molecular weight excluding hydrogens is 264 g/mol. The highest BCUT2D eigenvalue weighted by atomic mass is 16.5. The van der Waals surface area contributed by atoms with Crippen molar-refractivity contribution in [3.8, 4) is 5.75 Å². The van der Waals surface area contributed by atoms with E-state index in [1.165, 1.54) is 12.8 Å². The largest absolute Gasteiger partial charge is 0.496 e. The van der Waals surface area contributed by atoms with Crippen molar-refractivity contribution in [3.63, 3.8) is 0 Å². The number of methoxy groups -OCH3 is 1. The van der Waals surface area contributed by atoms with E-state index < -0.39 is 0 Å². The Kier molecular flexibility index (Phi) is 2.80. The van der Waals surface area contributed by atoms with Crippen LogP contribution in [0.25, 0.3) is 0 Å². The molecule has 4 nitrogen and oxygen atoms in total. The highest BCUT2D eigenvalue weighted by Crippen LogP contribution is 2.50. The molecule has 4 rings (SSSR count). The Balaban J connectivity index is 1.72. The van der Waals surface area contributed by atoms with Gasteiger partial charge in [-0.05, 0) is 44.6 Å². The van der Waals surface area contributed by atoms with E-state index in [2.05, 4.69) is 23.2 Å². The van der Waals surface area contributed by atoms with E-state index in [1.54, 1.807) is 7.11 Å². The summed E-state index contributed by atoms with van der Waals surface area (Å²) in [6.45, 7) is 2.20. The summed E-state index contributed by atoms with van der Waals surface area (Å²) in [6.07, 6.45) is 4.37. The molecule has 2 atom stereocenters. The van der Waals surface area contributed by atoms with Crippen LogP contribution in [0.4, 0.5) is 0 Å². The number of benzene rings is 1. The molecule has 1 amide bonds. The van der Waals surface area contributed by atoms with Crippen molar-refractivity contribution in [1.82, 2.24) is 10.2 Å². The van der Waals surface area contributed by atoms with Crippen LogP contribution in [-0.2, 0) is 4.79 Å². The fraction of sp³-hybridized carbons (Fsp3) is 0.588. The Bertz CT molecular complexity index is 578. The second kappa shape index (κ2) is 4.47. The van der Waals surface area contributed by atoms with Gasteiger partial charge in [0.25, 0.3) is 0 Å². The Morgan fingerprint density at radius 1 is 1.33 bits per heavy atom. The van der Waals surface area contributed by atoms with Gasteiger partial charge >= 0.3 is 0 Å². The van der Waals surface area contributed by atoms with Crippen LogP contribution >= 0.6 is 0 Å². The molecule has 2 aliphatic carbocycles. The first-order valence-electron chi connectivity index (χ1n) is 7.90. The van der Waals surface area contributed by atoms with Gasteiger partial charge in [-0.2, -0.15) is 0 Å². The number of amides is 1. The second-order valence-electron chi connectivity index (χ2n) is 6.66. The molecule has 3 aliphatic rings. The maximum Gasteiger partial charge on any atom is 0.244 e. The molecule has 21 heavy (non-hydrogen) atoms. The van der Waals surface area contributed by atoms with Gasteiger partial charge in [-0.15, -0.1) is 0 Å². The van der Waals surface area contributed by atoms with Gasteiger partial charge in [-0.3, -0.25) is 10.1 Å². The molecule has 2 saturated carbocycles. The van der Waals surface area contributed by atoms with Gasteiger partial charge in [-0.25, -0.2) is 0 Å². The molecule has 1 N–H and O–H groups in total. The molecule has 3 fully saturated rings. The van der Waals surface area contributed by atoms with Crippen LogP contribution in [0, 0.1) is 5.92 Å². The number of nitrogens with zero attached hydrogens (tertiary/aromatic N) is 1. The number of nitrogens with one attached hydrogen (secondary N) is 1. The maximum absolute atomic E-state index is 12.9. The molecule has 112 valence electrons. The van der Waals surface area contributed by atoms with E-state index in [0.717, 1.165) is 24.2 Å². The Morgan fingerprint density at radius 2 is 2.05 bits per heavy atom. The fourth-order valence-corrected chi connectivity index (χ4v) is 3.59. The lowest BCUT2D eigenvalue weighted by Crippen LogP contribution is -2.40. The summed E-state index contributed by atoms with van der Waals surface area (Å²) in [7, 11) is 1.69. The van der Waals surface area contributed by atoms with Crippen molar-refractivity contribution in [2.24, 2.45) is 5.92 Å². The van der Waals surface area contributed by atoms with Crippen molar-refractivity contribution >= 4 is 5.91 Å². The first kappa shape index (κ1) is 13.1. The first-order valence-corrected chi connectivity index (χ1v) is 7.90. The number of hydrogen-bond donors (Lipinski definition) is 1. The molecule has 4 heteroatoms. The van der Waals surface area contributed by atoms with Gasteiger partial charge in [0.05, 0.1) is 7.11 Å². The van der Waals surface area contributed by atoms with Gasteiger partial charge in [-0.1, -0.05) is 18.2 Å². The molecular formula is C17H22N2O2. The van der Waals surface area contributed by atoms with Crippen molar-refractivity contribution in [2.75, 3.05) is 7.11 Å². The number of rotatable bonds is 4. The zero-order chi connectivity index (χ0) is 14.6. The number of carbonyl (C=O) groups excluding carboxylic acids is 1. The minimum absolute atomic E-state index is 0.0493. The molecule has 2 unspecified atom stereocenters. The maximum atomic E-state index is 12.9. The van der Waals surface area contributed by atoms with Crippen LogP contribution in [0.5, 0.6) is 5.75 Å². The van der Waals surface area contributed by atoms with Gasteiger partial charge in [0.1, 0.15) is 17.5 Å². The molecule has 0 bridgehead atoms. The number of para-hydroxylation sites is 1.